The molecule has 8 heteroatoms. The van der Waals surface area contributed by atoms with E-state index in [2.05, 4.69) is 5.32 Å². The predicted molar refractivity (Wildman–Crippen MR) is 110 cm³/mol. The first-order chi connectivity index (χ1) is 12.8. The Morgan fingerprint density at radius 3 is 2.74 bits per heavy atom. The summed E-state index contributed by atoms with van der Waals surface area (Å²) in [5.74, 6) is 1.03. The quantitative estimate of drug-likeness (QED) is 0.727. The molecule has 150 valence electrons. The molecule has 2 aliphatic rings. The van der Waals surface area contributed by atoms with E-state index >= 15 is 0 Å². The highest BCUT2D eigenvalue weighted by Gasteiger charge is 2.34. The van der Waals surface area contributed by atoms with Crippen LogP contribution in [0.5, 0.6) is 5.75 Å². The lowest BCUT2D eigenvalue weighted by Gasteiger charge is -2.34. The van der Waals surface area contributed by atoms with Crippen molar-refractivity contribution in [2.75, 3.05) is 29.4 Å². The van der Waals surface area contributed by atoms with Gasteiger partial charge in [0.15, 0.2) is 6.10 Å². The first-order valence-electron chi connectivity index (χ1n) is 9.49. The molecule has 1 saturated carbocycles. The van der Waals surface area contributed by atoms with Crippen molar-refractivity contribution in [1.82, 2.24) is 5.32 Å². The number of carbonyl (C=O) groups is 1. The molecule has 1 aromatic carbocycles. The van der Waals surface area contributed by atoms with Crippen molar-refractivity contribution in [3.05, 3.63) is 23.8 Å². The zero-order valence-corrected chi connectivity index (χ0v) is 17.6. The van der Waals surface area contributed by atoms with Gasteiger partial charge in [0.05, 0.1) is 18.5 Å². The van der Waals surface area contributed by atoms with Crippen molar-refractivity contribution < 1.29 is 17.9 Å². The first kappa shape index (κ1) is 20.3. The number of hydrogen-bond donors (Lipinski definition) is 1. The van der Waals surface area contributed by atoms with Crippen LogP contribution in [0.25, 0.3) is 0 Å². The molecule has 0 bridgehead atoms. The summed E-state index contributed by atoms with van der Waals surface area (Å²) in [6, 6.07) is 5.34. The Labute approximate surface area is 166 Å². The minimum absolute atomic E-state index is 0.00309. The fourth-order valence-electron chi connectivity index (χ4n) is 3.56. The van der Waals surface area contributed by atoms with Crippen LogP contribution >= 0.6 is 11.8 Å². The van der Waals surface area contributed by atoms with Crippen LogP contribution in [0.2, 0.25) is 0 Å². The lowest BCUT2D eigenvalue weighted by Crippen LogP contribution is -2.50. The average Bonchev–Trinajstić information content (AvgIpc) is 2.64. The van der Waals surface area contributed by atoms with Crippen LogP contribution in [0.4, 0.5) is 5.69 Å². The number of anilines is 1. The zero-order chi connectivity index (χ0) is 19.4. The van der Waals surface area contributed by atoms with Crippen LogP contribution in [-0.2, 0) is 14.8 Å². The zero-order valence-electron chi connectivity index (χ0n) is 15.9. The fourth-order valence-corrected chi connectivity index (χ4v) is 5.68. The molecule has 0 spiro atoms. The molecule has 1 aliphatic carbocycles. The number of sulfonamides is 1. The highest BCUT2D eigenvalue weighted by Crippen LogP contribution is 2.35. The van der Waals surface area contributed by atoms with Gasteiger partial charge in [0.1, 0.15) is 5.75 Å². The summed E-state index contributed by atoms with van der Waals surface area (Å²) in [6.07, 6.45) is 6.80. The number of hydrogen-bond acceptors (Lipinski definition) is 5. The van der Waals surface area contributed by atoms with Crippen LogP contribution in [0.1, 0.15) is 37.7 Å². The molecular weight excluding hydrogens is 384 g/mol. The number of ether oxygens (including phenoxy) is 1. The lowest BCUT2D eigenvalue weighted by molar-refractivity contribution is -0.127. The highest BCUT2D eigenvalue weighted by atomic mass is 32.2. The summed E-state index contributed by atoms with van der Waals surface area (Å²) in [6.45, 7) is 2.46. The second-order valence-electron chi connectivity index (χ2n) is 7.29. The Morgan fingerprint density at radius 1 is 1.30 bits per heavy atom. The molecule has 1 aromatic rings. The van der Waals surface area contributed by atoms with Crippen LogP contribution in [0.15, 0.2) is 18.2 Å². The van der Waals surface area contributed by atoms with Gasteiger partial charge in [-0.25, -0.2) is 8.42 Å². The molecule has 6 nitrogen and oxygen atoms in total. The van der Waals surface area contributed by atoms with Crippen molar-refractivity contribution in [1.29, 1.82) is 0 Å². The molecule has 0 unspecified atom stereocenters. The molecule has 27 heavy (non-hydrogen) atoms. The largest absolute Gasteiger partial charge is 0.476 e. The van der Waals surface area contributed by atoms with Crippen molar-refractivity contribution in [3.63, 3.8) is 0 Å². The minimum Gasteiger partial charge on any atom is -0.476 e. The molecule has 0 radical (unpaired) electrons. The van der Waals surface area contributed by atoms with Crippen molar-refractivity contribution in [3.8, 4) is 5.75 Å². The Morgan fingerprint density at radius 2 is 2.04 bits per heavy atom. The number of thioether (sulfide) groups is 1. The van der Waals surface area contributed by atoms with E-state index in [4.69, 9.17) is 4.74 Å². The maximum absolute atomic E-state index is 12.5. The van der Waals surface area contributed by atoms with Crippen LogP contribution < -0.4 is 14.4 Å². The van der Waals surface area contributed by atoms with E-state index in [0.29, 0.717) is 23.2 Å². The summed E-state index contributed by atoms with van der Waals surface area (Å²) < 4.78 is 31.5. The van der Waals surface area contributed by atoms with Gasteiger partial charge in [-0.05, 0) is 37.5 Å². The van der Waals surface area contributed by atoms with Gasteiger partial charge in [-0.1, -0.05) is 25.3 Å². The number of carbonyl (C=O) groups excluding carboxylic acids is 1. The van der Waals surface area contributed by atoms with Gasteiger partial charge in [0.2, 0.25) is 10.0 Å². The number of aryl methyl sites for hydroxylation is 1. The number of benzene rings is 1. The summed E-state index contributed by atoms with van der Waals surface area (Å²) in [5, 5.41) is 3.61. The first-order valence-corrected chi connectivity index (χ1v) is 12.4. The van der Waals surface area contributed by atoms with Gasteiger partial charge in [-0.2, -0.15) is 11.8 Å². The normalized spacial score (nSPS) is 20.7. The third-order valence-electron chi connectivity index (χ3n) is 4.98. The highest BCUT2D eigenvalue weighted by molar-refractivity contribution is 7.99. The molecular formula is C19H28N2O4S2. The second kappa shape index (κ2) is 8.73. The number of nitrogens with zero attached hydrogens (tertiary/aromatic N) is 1. The summed E-state index contributed by atoms with van der Waals surface area (Å²) >= 11 is 1.92. The van der Waals surface area contributed by atoms with Gasteiger partial charge >= 0.3 is 0 Å². The van der Waals surface area contributed by atoms with E-state index in [-0.39, 0.29) is 12.5 Å². The van der Waals surface area contributed by atoms with Gasteiger partial charge < -0.3 is 10.1 Å². The average molecular weight is 413 g/mol. The third-order valence-corrected chi connectivity index (χ3v) is 7.51. The van der Waals surface area contributed by atoms with Crippen LogP contribution in [0.3, 0.4) is 0 Å². The topological polar surface area (TPSA) is 75.7 Å². The fraction of sp³-hybridized carbons (Fsp3) is 0.632. The van der Waals surface area contributed by atoms with Gasteiger partial charge in [0.25, 0.3) is 5.91 Å². The molecule has 1 N–H and O–H groups in total. The van der Waals surface area contributed by atoms with Crippen LogP contribution in [0, 0.1) is 6.92 Å². The monoisotopic (exact) mass is 412 g/mol. The Hall–Kier alpha value is -1.41. The van der Waals surface area contributed by atoms with E-state index in [1.165, 1.54) is 36.4 Å². The molecule has 0 aromatic heterocycles. The molecule has 1 atom stereocenters. The smallest absolute Gasteiger partial charge is 0.263 e. The van der Waals surface area contributed by atoms with Gasteiger partial charge in [0, 0.05) is 17.5 Å². The SMILES string of the molecule is Cc1ccc2c(c1)N(S(C)(=O)=O)C[C@@H](C(=O)NCCSC1CCCCC1)O2. The number of nitrogens with one attached hydrogen (secondary N) is 1. The molecule has 1 heterocycles. The maximum Gasteiger partial charge on any atom is 0.263 e. The van der Waals surface area contributed by atoms with E-state index in [0.717, 1.165) is 17.6 Å². The van der Waals surface area contributed by atoms with Crippen LogP contribution in [-0.4, -0.2) is 50.8 Å². The van der Waals surface area contributed by atoms with Crippen molar-refractivity contribution in [2.24, 2.45) is 0 Å². The Bertz CT molecular complexity index is 776. The number of amides is 1. The summed E-state index contributed by atoms with van der Waals surface area (Å²) in [4.78, 5) is 12.5. The molecule has 3 rings (SSSR count). The molecule has 1 amide bonds. The summed E-state index contributed by atoms with van der Waals surface area (Å²) in [7, 11) is -3.49. The van der Waals surface area contributed by atoms with Crippen molar-refractivity contribution in [2.45, 2.75) is 50.4 Å². The maximum atomic E-state index is 12.5. The molecule has 0 saturated heterocycles. The lowest BCUT2D eigenvalue weighted by atomic mass is 10.0. The second-order valence-corrected chi connectivity index (χ2v) is 10.6. The molecule has 1 fully saturated rings. The molecule has 1 aliphatic heterocycles. The summed E-state index contributed by atoms with van der Waals surface area (Å²) in [5.41, 5.74) is 1.43. The predicted octanol–water partition coefficient (Wildman–Crippen LogP) is 2.70. The van der Waals surface area contributed by atoms with Gasteiger partial charge in [-0.3, -0.25) is 9.10 Å². The van der Waals surface area contributed by atoms with Crippen molar-refractivity contribution >= 4 is 33.4 Å². The third kappa shape index (κ3) is 5.31. The minimum atomic E-state index is -3.49. The van der Waals surface area contributed by atoms with Gasteiger partial charge in [-0.15, -0.1) is 0 Å². The Balaban J connectivity index is 1.58. The number of fused-ring (bicyclic) bond motifs is 1. The van der Waals surface area contributed by atoms with E-state index in [9.17, 15) is 13.2 Å². The Kier molecular flexibility index (Phi) is 6.57. The standard InChI is InChI=1S/C19H28N2O4S2/c1-14-8-9-17-16(12-14)21(27(2,23)24)13-18(25-17)19(22)20-10-11-26-15-6-4-3-5-7-15/h8-9,12,15,18H,3-7,10-11,13H2,1-2H3,(H,20,22)/t18-/m0/s1. The number of rotatable bonds is 6. The van der Waals surface area contributed by atoms with E-state index in [1.54, 1.807) is 12.1 Å². The van der Waals surface area contributed by atoms with E-state index < -0.39 is 16.1 Å². The van der Waals surface area contributed by atoms with E-state index in [1.807, 2.05) is 24.8 Å².